The molecule has 7 heteroatoms. The fourth-order valence-electron chi connectivity index (χ4n) is 2.86. The van der Waals surface area contributed by atoms with E-state index in [1.807, 2.05) is 85.8 Å². The van der Waals surface area contributed by atoms with Gasteiger partial charge in [0.15, 0.2) is 0 Å². The number of aryl methyl sites for hydroxylation is 1. The predicted octanol–water partition coefficient (Wildman–Crippen LogP) is 5.42. The van der Waals surface area contributed by atoms with E-state index in [1.165, 1.54) is 0 Å². The number of benzene rings is 3. The molecule has 0 amide bonds. The lowest BCUT2D eigenvalue weighted by Gasteiger charge is -2.13. The molecule has 4 rings (SSSR count). The molecule has 150 valence electrons. The van der Waals surface area contributed by atoms with E-state index in [0.29, 0.717) is 17.8 Å². The van der Waals surface area contributed by atoms with Crippen LogP contribution >= 0.6 is 0 Å². The van der Waals surface area contributed by atoms with Crippen LogP contribution in [0.3, 0.4) is 0 Å². The van der Waals surface area contributed by atoms with Gasteiger partial charge in [0.2, 0.25) is 17.8 Å². The molecule has 0 radical (unpaired) electrons. The molecule has 0 unspecified atom stereocenters. The number of hydrogen-bond acceptors (Lipinski definition) is 7. The van der Waals surface area contributed by atoms with Crippen molar-refractivity contribution in [1.29, 1.82) is 0 Å². The highest BCUT2D eigenvalue weighted by molar-refractivity contribution is 5.63. The van der Waals surface area contributed by atoms with Gasteiger partial charge in [0, 0.05) is 23.1 Å². The van der Waals surface area contributed by atoms with Crippen LogP contribution in [0, 0.1) is 6.92 Å². The smallest absolute Gasteiger partial charge is 0.233 e. The maximum Gasteiger partial charge on any atom is 0.233 e. The van der Waals surface area contributed by atoms with E-state index < -0.39 is 0 Å². The summed E-state index contributed by atoms with van der Waals surface area (Å²) in [6.45, 7) is 2.03. The molecule has 0 saturated carbocycles. The van der Waals surface area contributed by atoms with Gasteiger partial charge in [0.05, 0.1) is 7.11 Å². The molecule has 0 aliphatic rings. The Balaban J connectivity index is 1.67. The summed E-state index contributed by atoms with van der Waals surface area (Å²) in [7, 11) is 1.63. The van der Waals surface area contributed by atoms with Gasteiger partial charge < -0.3 is 20.7 Å². The molecular formula is C23H22N6O. The molecule has 30 heavy (non-hydrogen) atoms. The molecule has 3 N–H and O–H groups in total. The van der Waals surface area contributed by atoms with E-state index in [4.69, 9.17) is 4.74 Å². The highest BCUT2D eigenvalue weighted by Crippen LogP contribution is 2.23. The van der Waals surface area contributed by atoms with E-state index in [2.05, 4.69) is 30.9 Å². The Labute approximate surface area is 175 Å². The lowest BCUT2D eigenvalue weighted by atomic mass is 10.2. The monoisotopic (exact) mass is 398 g/mol. The van der Waals surface area contributed by atoms with Crippen LogP contribution in [0.1, 0.15) is 5.56 Å². The summed E-state index contributed by atoms with van der Waals surface area (Å²) < 4.78 is 5.29. The maximum atomic E-state index is 5.29. The number of methoxy groups -OCH3 is 1. The van der Waals surface area contributed by atoms with Gasteiger partial charge >= 0.3 is 0 Å². The third-order valence-electron chi connectivity index (χ3n) is 4.38. The second-order valence-electron chi connectivity index (χ2n) is 6.59. The molecule has 3 aromatic carbocycles. The fraction of sp³-hybridized carbons (Fsp3) is 0.0870. The predicted molar refractivity (Wildman–Crippen MR) is 120 cm³/mol. The van der Waals surface area contributed by atoms with Gasteiger partial charge in [-0.3, -0.25) is 0 Å². The highest BCUT2D eigenvalue weighted by atomic mass is 16.5. The molecular weight excluding hydrogens is 376 g/mol. The standard InChI is InChI=1S/C23H22N6O/c1-16-9-6-7-14-20(16)26-23-28-21(24-17-10-4-3-5-11-17)27-22(29-23)25-18-12-8-13-19(15-18)30-2/h3-15H,1-2H3,(H3,24,25,26,27,28,29). The first-order valence-electron chi connectivity index (χ1n) is 9.51. The molecule has 0 spiro atoms. The Morgan fingerprint density at radius 1 is 0.633 bits per heavy atom. The molecule has 4 aromatic rings. The van der Waals surface area contributed by atoms with Crippen LogP contribution in [0.2, 0.25) is 0 Å². The Bertz CT molecular complexity index is 1130. The van der Waals surface area contributed by atoms with Crippen molar-refractivity contribution in [2.75, 3.05) is 23.1 Å². The lowest BCUT2D eigenvalue weighted by molar-refractivity contribution is 0.415. The molecule has 0 aliphatic carbocycles. The van der Waals surface area contributed by atoms with Crippen LogP contribution in [0.4, 0.5) is 34.9 Å². The van der Waals surface area contributed by atoms with Gasteiger partial charge in [-0.15, -0.1) is 0 Å². The first-order valence-corrected chi connectivity index (χ1v) is 9.51. The maximum absolute atomic E-state index is 5.29. The van der Waals surface area contributed by atoms with Gasteiger partial charge in [-0.05, 0) is 42.8 Å². The zero-order chi connectivity index (χ0) is 20.8. The first kappa shape index (κ1) is 19.2. The number of nitrogens with one attached hydrogen (secondary N) is 3. The van der Waals surface area contributed by atoms with Crippen LogP contribution in [0.25, 0.3) is 0 Å². The summed E-state index contributed by atoms with van der Waals surface area (Å²) in [6.07, 6.45) is 0. The summed E-state index contributed by atoms with van der Waals surface area (Å²) in [5.74, 6) is 2.02. The van der Waals surface area contributed by atoms with Crippen LogP contribution in [-0.4, -0.2) is 22.1 Å². The molecule has 0 fully saturated rings. The van der Waals surface area contributed by atoms with Crippen molar-refractivity contribution in [3.8, 4) is 5.75 Å². The van der Waals surface area contributed by atoms with Crippen molar-refractivity contribution in [3.05, 3.63) is 84.4 Å². The summed E-state index contributed by atoms with van der Waals surface area (Å²) in [5, 5.41) is 9.73. The van der Waals surface area contributed by atoms with Crippen molar-refractivity contribution < 1.29 is 4.74 Å². The quantitative estimate of drug-likeness (QED) is 0.383. The normalized spacial score (nSPS) is 10.3. The molecule has 0 saturated heterocycles. The average Bonchev–Trinajstić information content (AvgIpc) is 2.76. The van der Waals surface area contributed by atoms with Crippen LogP contribution in [0.15, 0.2) is 78.9 Å². The summed E-state index contributed by atoms with van der Waals surface area (Å²) >= 11 is 0. The third kappa shape index (κ3) is 4.82. The molecule has 1 aromatic heterocycles. The minimum atomic E-state index is 0.410. The van der Waals surface area contributed by atoms with Crippen LogP contribution in [0.5, 0.6) is 5.75 Å². The number of aromatic nitrogens is 3. The summed E-state index contributed by atoms with van der Waals surface area (Å²) in [4.78, 5) is 13.6. The summed E-state index contributed by atoms with van der Waals surface area (Å²) in [6, 6.07) is 25.3. The molecule has 0 aliphatic heterocycles. The molecule has 0 atom stereocenters. The Morgan fingerprint density at radius 3 is 1.93 bits per heavy atom. The van der Waals surface area contributed by atoms with Gasteiger partial charge in [-0.2, -0.15) is 15.0 Å². The lowest BCUT2D eigenvalue weighted by Crippen LogP contribution is -2.07. The number of para-hydroxylation sites is 2. The first-order chi connectivity index (χ1) is 14.7. The third-order valence-corrected chi connectivity index (χ3v) is 4.38. The van der Waals surface area contributed by atoms with E-state index >= 15 is 0 Å². The van der Waals surface area contributed by atoms with Crippen molar-refractivity contribution in [3.63, 3.8) is 0 Å². The average molecular weight is 398 g/mol. The van der Waals surface area contributed by atoms with Crippen LogP contribution < -0.4 is 20.7 Å². The second kappa shape index (κ2) is 8.91. The SMILES string of the molecule is COc1cccc(Nc2nc(Nc3ccccc3)nc(Nc3ccccc3C)n2)c1. The minimum absolute atomic E-state index is 0.410. The van der Waals surface area contributed by atoms with E-state index in [9.17, 15) is 0 Å². The topological polar surface area (TPSA) is 84.0 Å². The van der Waals surface area contributed by atoms with Crippen molar-refractivity contribution in [2.24, 2.45) is 0 Å². The Morgan fingerprint density at radius 2 is 1.23 bits per heavy atom. The van der Waals surface area contributed by atoms with Crippen LogP contribution in [-0.2, 0) is 0 Å². The molecule has 0 bridgehead atoms. The van der Waals surface area contributed by atoms with Gasteiger partial charge in [-0.25, -0.2) is 0 Å². The van der Waals surface area contributed by atoms with Gasteiger partial charge in [0.1, 0.15) is 5.75 Å². The van der Waals surface area contributed by atoms with E-state index in [-0.39, 0.29) is 0 Å². The van der Waals surface area contributed by atoms with Crippen molar-refractivity contribution >= 4 is 34.9 Å². The highest BCUT2D eigenvalue weighted by Gasteiger charge is 2.09. The second-order valence-corrected chi connectivity index (χ2v) is 6.59. The largest absolute Gasteiger partial charge is 0.497 e. The van der Waals surface area contributed by atoms with Crippen molar-refractivity contribution in [2.45, 2.75) is 6.92 Å². The fourth-order valence-corrected chi connectivity index (χ4v) is 2.86. The van der Waals surface area contributed by atoms with Gasteiger partial charge in [0.25, 0.3) is 0 Å². The number of anilines is 6. The number of rotatable bonds is 7. The van der Waals surface area contributed by atoms with E-state index in [1.54, 1.807) is 7.11 Å². The Hall–Kier alpha value is -4.13. The zero-order valence-corrected chi connectivity index (χ0v) is 16.8. The minimum Gasteiger partial charge on any atom is -0.497 e. The Kier molecular flexibility index (Phi) is 5.70. The zero-order valence-electron chi connectivity index (χ0n) is 16.8. The number of ether oxygens (including phenoxy) is 1. The van der Waals surface area contributed by atoms with Crippen molar-refractivity contribution in [1.82, 2.24) is 15.0 Å². The summed E-state index contributed by atoms with van der Waals surface area (Å²) in [5.41, 5.74) is 3.73. The van der Waals surface area contributed by atoms with Gasteiger partial charge in [-0.1, -0.05) is 42.5 Å². The number of hydrogen-bond donors (Lipinski definition) is 3. The number of nitrogens with zero attached hydrogens (tertiary/aromatic N) is 3. The molecule has 7 nitrogen and oxygen atoms in total. The van der Waals surface area contributed by atoms with E-state index in [0.717, 1.165) is 28.4 Å². The molecule has 1 heterocycles.